The van der Waals surface area contributed by atoms with Crippen LogP contribution in [-0.4, -0.2) is 0 Å². The Hall–Kier alpha value is -0.730. The lowest BCUT2D eigenvalue weighted by Crippen LogP contribution is -2.12. The minimum absolute atomic E-state index is 0.414. The van der Waals surface area contributed by atoms with E-state index in [0.29, 0.717) is 21.6 Å². The first-order valence-electron chi connectivity index (χ1n) is 5.55. The van der Waals surface area contributed by atoms with E-state index in [1.165, 1.54) is 5.56 Å². The predicted molar refractivity (Wildman–Crippen MR) is 78.5 cm³/mol. The van der Waals surface area contributed by atoms with Crippen molar-refractivity contribution in [1.29, 1.82) is 0 Å². The van der Waals surface area contributed by atoms with E-state index in [1.54, 1.807) is 6.07 Å². The molecule has 0 saturated carbocycles. The molecule has 2 aromatic rings. The van der Waals surface area contributed by atoms with Crippen LogP contribution in [0.1, 0.15) is 11.1 Å². The van der Waals surface area contributed by atoms with E-state index in [9.17, 15) is 0 Å². The molecule has 0 radical (unpaired) electrons. The van der Waals surface area contributed by atoms with E-state index in [2.05, 4.69) is 17.4 Å². The van der Waals surface area contributed by atoms with Gasteiger partial charge in [0.1, 0.15) is 0 Å². The second-order valence-corrected chi connectivity index (χ2v) is 5.09. The lowest BCUT2D eigenvalue weighted by molar-refractivity contribution is 0.693. The summed E-state index contributed by atoms with van der Waals surface area (Å²) in [5, 5.41) is 4.73. The molecule has 0 aliphatic carbocycles. The van der Waals surface area contributed by atoms with Crippen LogP contribution < -0.4 is 5.32 Å². The fourth-order valence-corrected chi connectivity index (χ4v) is 2.26. The first kappa shape index (κ1) is 13.7. The summed E-state index contributed by atoms with van der Waals surface area (Å²) < 4.78 is 0. The smallest absolute Gasteiger partial charge is 0.0781 e. The van der Waals surface area contributed by atoms with E-state index in [1.807, 2.05) is 24.3 Å². The molecule has 0 fully saturated rings. The summed E-state index contributed by atoms with van der Waals surface area (Å²) in [5.41, 5.74) is 2.18. The molecule has 2 aromatic carbocycles. The van der Waals surface area contributed by atoms with Gasteiger partial charge in [0.2, 0.25) is 0 Å². The zero-order valence-corrected chi connectivity index (χ0v) is 11.9. The molecule has 2 rings (SSSR count). The van der Waals surface area contributed by atoms with Crippen LogP contribution in [0.2, 0.25) is 15.1 Å². The molecule has 18 heavy (non-hydrogen) atoms. The van der Waals surface area contributed by atoms with Gasteiger partial charge in [-0.3, -0.25) is 0 Å². The molecule has 1 N–H and O–H groups in total. The lowest BCUT2D eigenvalue weighted by Gasteiger charge is -2.09. The average Bonchev–Trinajstić information content (AvgIpc) is 2.40. The van der Waals surface area contributed by atoms with Gasteiger partial charge in [0.25, 0.3) is 0 Å². The Balaban J connectivity index is 1.97. The molecule has 94 valence electrons. The minimum atomic E-state index is 0.414. The summed E-state index contributed by atoms with van der Waals surface area (Å²) in [6.07, 6.45) is 0. The second-order valence-electron chi connectivity index (χ2n) is 3.92. The largest absolute Gasteiger partial charge is 0.309 e. The van der Waals surface area contributed by atoms with Gasteiger partial charge in [-0.05, 0) is 17.2 Å². The molecule has 0 aromatic heterocycles. The van der Waals surface area contributed by atoms with Crippen LogP contribution in [0.5, 0.6) is 0 Å². The van der Waals surface area contributed by atoms with E-state index in [-0.39, 0.29) is 0 Å². The van der Waals surface area contributed by atoms with Crippen LogP contribution in [0.4, 0.5) is 0 Å². The molecule has 0 heterocycles. The third-order valence-corrected chi connectivity index (χ3v) is 3.94. The van der Waals surface area contributed by atoms with Crippen molar-refractivity contribution in [3.63, 3.8) is 0 Å². The van der Waals surface area contributed by atoms with Gasteiger partial charge < -0.3 is 5.32 Å². The van der Waals surface area contributed by atoms with Gasteiger partial charge in [0, 0.05) is 13.1 Å². The molecule has 0 spiro atoms. The summed E-state index contributed by atoms with van der Waals surface area (Å²) in [6, 6.07) is 13.8. The maximum atomic E-state index is 6.12. The molecule has 0 saturated heterocycles. The molecular formula is C14H12Cl3N. The Morgan fingerprint density at radius 1 is 0.778 bits per heavy atom. The fraction of sp³-hybridized carbons (Fsp3) is 0.143. The van der Waals surface area contributed by atoms with Crippen LogP contribution >= 0.6 is 34.8 Å². The summed E-state index contributed by atoms with van der Waals surface area (Å²) in [4.78, 5) is 0. The number of nitrogens with one attached hydrogen (secondary N) is 1. The number of hydrogen-bond acceptors (Lipinski definition) is 1. The molecule has 0 aliphatic rings. The topological polar surface area (TPSA) is 12.0 Å². The van der Waals surface area contributed by atoms with Crippen LogP contribution in [0.25, 0.3) is 0 Å². The number of hydrogen-bond donors (Lipinski definition) is 1. The molecule has 0 unspecified atom stereocenters. The summed E-state index contributed by atoms with van der Waals surface area (Å²) in [5.74, 6) is 0. The number of halogens is 3. The van der Waals surface area contributed by atoms with Crippen LogP contribution in [0, 0.1) is 0 Å². The maximum Gasteiger partial charge on any atom is 0.0781 e. The molecule has 1 nitrogen and oxygen atoms in total. The Kier molecular flexibility index (Phi) is 4.90. The predicted octanol–water partition coefficient (Wildman–Crippen LogP) is 4.94. The van der Waals surface area contributed by atoms with Crippen LogP contribution in [0.15, 0.2) is 42.5 Å². The molecule has 0 atom stereocenters. The lowest BCUT2D eigenvalue weighted by atomic mass is 10.2. The summed E-state index contributed by atoms with van der Waals surface area (Å²) in [6.45, 7) is 1.45. The van der Waals surface area contributed by atoms with Crippen LogP contribution in [-0.2, 0) is 13.1 Å². The van der Waals surface area contributed by atoms with Gasteiger partial charge in [-0.2, -0.15) is 0 Å². The Morgan fingerprint density at radius 3 is 2.22 bits per heavy atom. The number of rotatable bonds is 4. The van der Waals surface area contributed by atoms with Crippen molar-refractivity contribution in [3.05, 3.63) is 68.7 Å². The monoisotopic (exact) mass is 299 g/mol. The van der Waals surface area contributed by atoms with Crippen molar-refractivity contribution < 1.29 is 0 Å². The first-order valence-corrected chi connectivity index (χ1v) is 6.69. The number of benzene rings is 2. The highest BCUT2D eigenvalue weighted by Gasteiger charge is 2.08. The highest BCUT2D eigenvalue weighted by atomic mass is 35.5. The van der Waals surface area contributed by atoms with Crippen molar-refractivity contribution in [2.24, 2.45) is 0 Å². The van der Waals surface area contributed by atoms with Crippen molar-refractivity contribution in [2.45, 2.75) is 13.1 Å². The van der Waals surface area contributed by atoms with Gasteiger partial charge >= 0.3 is 0 Å². The van der Waals surface area contributed by atoms with Gasteiger partial charge in [-0.15, -0.1) is 0 Å². The normalized spacial score (nSPS) is 10.6. The van der Waals surface area contributed by atoms with Gasteiger partial charge in [0.05, 0.1) is 15.1 Å². The first-order chi connectivity index (χ1) is 8.68. The third-order valence-electron chi connectivity index (χ3n) is 2.60. The second kappa shape index (κ2) is 6.44. The minimum Gasteiger partial charge on any atom is -0.309 e. The zero-order valence-electron chi connectivity index (χ0n) is 9.59. The SMILES string of the molecule is Clc1ccc(CNCc2ccccc2)c(Cl)c1Cl. The van der Waals surface area contributed by atoms with Gasteiger partial charge in [-0.25, -0.2) is 0 Å². The molecule has 0 bridgehead atoms. The Bertz CT molecular complexity index is 526. The maximum absolute atomic E-state index is 6.12. The average molecular weight is 301 g/mol. The van der Waals surface area contributed by atoms with E-state index in [4.69, 9.17) is 34.8 Å². The molecule has 0 aliphatic heterocycles. The van der Waals surface area contributed by atoms with Crippen molar-refractivity contribution in [2.75, 3.05) is 0 Å². The molecule has 0 amide bonds. The van der Waals surface area contributed by atoms with E-state index < -0.39 is 0 Å². The Labute approximate surface area is 122 Å². The fourth-order valence-electron chi connectivity index (χ4n) is 1.64. The third kappa shape index (κ3) is 3.39. The highest BCUT2D eigenvalue weighted by molar-refractivity contribution is 6.48. The Morgan fingerprint density at radius 2 is 1.50 bits per heavy atom. The summed E-state index contributed by atoms with van der Waals surface area (Å²) >= 11 is 18.0. The van der Waals surface area contributed by atoms with Crippen molar-refractivity contribution >= 4 is 34.8 Å². The van der Waals surface area contributed by atoms with Crippen molar-refractivity contribution in [1.82, 2.24) is 5.32 Å². The standard InChI is InChI=1S/C14H12Cl3N/c15-12-7-6-11(13(16)14(12)17)9-18-8-10-4-2-1-3-5-10/h1-7,18H,8-9H2. The highest BCUT2D eigenvalue weighted by Crippen LogP contribution is 2.32. The van der Waals surface area contributed by atoms with Gasteiger partial charge in [-0.1, -0.05) is 71.2 Å². The van der Waals surface area contributed by atoms with E-state index >= 15 is 0 Å². The zero-order chi connectivity index (χ0) is 13.0. The molecule has 4 heteroatoms. The van der Waals surface area contributed by atoms with Crippen molar-refractivity contribution in [3.8, 4) is 0 Å². The quantitative estimate of drug-likeness (QED) is 0.789. The summed E-state index contributed by atoms with van der Waals surface area (Å²) in [7, 11) is 0. The van der Waals surface area contributed by atoms with Crippen LogP contribution in [0.3, 0.4) is 0 Å². The van der Waals surface area contributed by atoms with E-state index in [0.717, 1.165) is 12.1 Å². The van der Waals surface area contributed by atoms with Gasteiger partial charge in [0.15, 0.2) is 0 Å². The molecular weight excluding hydrogens is 289 g/mol.